The zero-order valence-corrected chi connectivity index (χ0v) is 10.5. The Labute approximate surface area is 100 Å². The van der Waals surface area contributed by atoms with Crippen molar-refractivity contribution in [2.24, 2.45) is 11.8 Å². The van der Waals surface area contributed by atoms with Gasteiger partial charge in [-0.2, -0.15) is 0 Å². The first-order chi connectivity index (χ1) is 7.88. The topological polar surface area (TPSA) is 40.5 Å². The van der Waals surface area contributed by atoms with Crippen LogP contribution in [0.15, 0.2) is 0 Å². The highest BCUT2D eigenvalue weighted by molar-refractivity contribution is 4.73. The Morgan fingerprint density at radius 3 is 2.19 bits per heavy atom. The Morgan fingerprint density at radius 1 is 0.875 bits per heavy atom. The minimum atomic E-state index is 0.325. The van der Waals surface area contributed by atoms with Crippen LogP contribution >= 0.6 is 0 Å². The molecule has 1 aliphatic rings. The third-order valence-electron chi connectivity index (χ3n) is 4.03. The summed E-state index contributed by atoms with van der Waals surface area (Å²) in [5.74, 6) is 1.34. The molecule has 1 unspecified atom stereocenters. The first kappa shape index (κ1) is 14.0. The summed E-state index contributed by atoms with van der Waals surface area (Å²) in [6.45, 7) is 0.705. The van der Waals surface area contributed by atoms with Crippen LogP contribution in [-0.2, 0) is 0 Å². The largest absolute Gasteiger partial charge is 0.396 e. The maximum atomic E-state index is 9.44. The minimum absolute atomic E-state index is 0.325. The molecule has 0 aromatic heterocycles. The van der Waals surface area contributed by atoms with Gasteiger partial charge in [-0.15, -0.1) is 0 Å². The summed E-state index contributed by atoms with van der Waals surface area (Å²) in [6, 6.07) is 0. The van der Waals surface area contributed by atoms with Crippen molar-refractivity contribution in [1.82, 2.24) is 0 Å². The van der Waals surface area contributed by atoms with Crippen molar-refractivity contribution in [3.05, 3.63) is 0 Å². The number of rotatable bonds is 8. The Morgan fingerprint density at radius 2 is 1.56 bits per heavy atom. The van der Waals surface area contributed by atoms with Gasteiger partial charge in [-0.1, -0.05) is 51.4 Å². The number of unbranched alkanes of at least 4 members (excludes halogenated alkanes) is 3. The molecule has 1 fully saturated rings. The van der Waals surface area contributed by atoms with Crippen molar-refractivity contribution in [2.45, 2.75) is 64.2 Å². The summed E-state index contributed by atoms with van der Waals surface area (Å²) in [7, 11) is 0. The monoisotopic (exact) mass is 228 g/mol. The lowest BCUT2D eigenvalue weighted by Crippen LogP contribution is -2.21. The van der Waals surface area contributed by atoms with Crippen LogP contribution in [0.4, 0.5) is 0 Å². The van der Waals surface area contributed by atoms with E-state index in [0.29, 0.717) is 19.1 Å². The summed E-state index contributed by atoms with van der Waals surface area (Å²) >= 11 is 0. The molecule has 1 atom stereocenters. The van der Waals surface area contributed by atoms with Crippen LogP contribution in [0.5, 0.6) is 0 Å². The molecule has 2 N–H and O–H groups in total. The SMILES string of the molecule is OCCCCCCC(CO)C1CCCCC1. The third-order valence-corrected chi connectivity index (χ3v) is 4.03. The van der Waals surface area contributed by atoms with Crippen molar-refractivity contribution in [1.29, 1.82) is 0 Å². The molecule has 96 valence electrons. The van der Waals surface area contributed by atoms with Crippen LogP contribution in [-0.4, -0.2) is 23.4 Å². The Kier molecular flexibility index (Phi) is 7.87. The lowest BCUT2D eigenvalue weighted by molar-refractivity contribution is 0.137. The number of hydrogen-bond acceptors (Lipinski definition) is 2. The Bertz CT molecular complexity index is 153. The molecule has 1 rings (SSSR count). The molecule has 0 aromatic carbocycles. The molecule has 0 heterocycles. The summed E-state index contributed by atoms with van der Waals surface area (Å²) in [5, 5.41) is 18.1. The summed E-state index contributed by atoms with van der Waals surface area (Å²) in [4.78, 5) is 0. The summed E-state index contributed by atoms with van der Waals surface area (Å²) in [5.41, 5.74) is 0. The second-order valence-electron chi connectivity index (χ2n) is 5.27. The van der Waals surface area contributed by atoms with E-state index in [0.717, 1.165) is 18.8 Å². The first-order valence-corrected chi connectivity index (χ1v) is 7.10. The Hall–Kier alpha value is -0.0800. The molecule has 0 bridgehead atoms. The second kappa shape index (κ2) is 9.00. The van der Waals surface area contributed by atoms with Crippen LogP contribution in [0.25, 0.3) is 0 Å². The molecule has 1 saturated carbocycles. The minimum Gasteiger partial charge on any atom is -0.396 e. The molecule has 2 nitrogen and oxygen atoms in total. The van der Waals surface area contributed by atoms with Gasteiger partial charge in [-0.25, -0.2) is 0 Å². The van der Waals surface area contributed by atoms with Gasteiger partial charge >= 0.3 is 0 Å². The molecule has 2 heteroatoms. The number of hydrogen-bond donors (Lipinski definition) is 2. The number of aliphatic hydroxyl groups is 2. The van der Waals surface area contributed by atoms with E-state index in [1.165, 1.54) is 51.4 Å². The van der Waals surface area contributed by atoms with E-state index < -0.39 is 0 Å². The van der Waals surface area contributed by atoms with Gasteiger partial charge in [0.05, 0.1) is 0 Å². The Balaban J connectivity index is 2.10. The fraction of sp³-hybridized carbons (Fsp3) is 1.00. The number of aliphatic hydroxyl groups excluding tert-OH is 2. The highest BCUT2D eigenvalue weighted by Crippen LogP contribution is 2.32. The molecule has 0 amide bonds. The molecule has 0 aromatic rings. The van der Waals surface area contributed by atoms with Gasteiger partial charge in [-0.05, 0) is 24.7 Å². The van der Waals surface area contributed by atoms with Crippen LogP contribution < -0.4 is 0 Å². The van der Waals surface area contributed by atoms with Crippen LogP contribution in [0, 0.1) is 11.8 Å². The highest BCUT2D eigenvalue weighted by Gasteiger charge is 2.22. The van der Waals surface area contributed by atoms with Gasteiger partial charge in [-0.3, -0.25) is 0 Å². The predicted molar refractivity (Wildman–Crippen MR) is 67.3 cm³/mol. The van der Waals surface area contributed by atoms with Crippen molar-refractivity contribution < 1.29 is 10.2 Å². The fourth-order valence-electron chi connectivity index (χ4n) is 2.95. The second-order valence-corrected chi connectivity index (χ2v) is 5.27. The van der Waals surface area contributed by atoms with Crippen molar-refractivity contribution in [3.8, 4) is 0 Å². The average Bonchev–Trinajstić information content (AvgIpc) is 2.35. The highest BCUT2D eigenvalue weighted by atomic mass is 16.3. The lowest BCUT2D eigenvalue weighted by atomic mass is 9.78. The standard InChI is InChI=1S/C14H28O2/c15-11-7-2-1-4-10-14(12-16)13-8-5-3-6-9-13/h13-16H,1-12H2. The normalized spacial score (nSPS) is 19.9. The summed E-state index contributed by atoms with van der Waals surface area (Å²) in [6.07, 6.45) is 12.5. The molecule has 0 spiro atoms. The predicted octanol–water partition coefficient (Wildman–Crippen LogP) is 3.12. The van der Waals surface area contributed by atoms with E-state index in [9.17, 15) is 5.11 Å². The summed E-state index contributed by atoms with van der Waals surface area (Å²) < 4.78 is 0. The smallest absolute Gasteiger partial charge is 0.0461 e. The van der Waals surface area contributed by atoms with Crippen LogP contribution in [0.3, 0.4) is 0 Å². The van der Waals surface area contributed by atoms with Gasteiger partial charge < -0.3 is 10.2 Å². The van der Waals surface area contributed by atoms with Crippen LogP contribution in [0.1, 0.15) is 64.2 Å². The van der Waals surface area contributed by atoms with Crippen LogP contribution in [0.2, 0.25) is 0 Å². The first-order valence-electron chi connectivity index (χ1n) is 7.10. The maximum Gasteiger partial charge on any atom is 0.0461 e. The van der Waals surface area contributed by atoms with E-state index in [4.69, 9.17) is 5.11 Å². The van der Waals surface area contributed by atoms with E-state index >= 15 is 0 Å². The van der Waals surface area contributed by atoms with Crippen molar-refractivity contribution in [2.75, 3.05) is 13.2 Å². The molecular formula is C14H28O2. The fourth-order valence-corrected chi connectivity index (χ4v) is 2.95. The zero-order valence-electron chi connectivity index (χ0n) is 10.5. The van der Waals surface area contributed by atoms with E-state index in [-0.39, 0.29) is 0 Å². The van der Waals surface area contributed by atoms with Gasteiger partial charge in [0.1, 0.15) is 0 Å². The molecule has 1 aliphatic carbocycles. The average molecular weight is 228 g/mol. The zero-order chi connectivity index (χ0) is 11.6. The van der Waals surface area contributed by atoms with Gasteiger partial charge in [0.2, 0.25) is 0 Å². The quantitative estimate of drug-likeness (QED) is 0.627. The van der Waals surface area contributed by atoms with Crippen molar-refractivity contribution >= 4 is 0 Å². The van der Waals surface area contributed by atoms with Gasteiger partial charge in [0.15, 0.2) is 0 Å². The van der Waals surface area contributed by atoms with Crippen molar-refractivity contribution in [3.63, 3.8) is 0 Å². The van der Waals surface area contributed by atoms with E-state index in [1.807, 2.05) is 0 Å². The van der Waals surface area contributed by atoms with E-state index in [2.05, 4.69) is 0 Å². The third kappa shape index (κ3) is 5.31. The van der Waals surface area contributed by atoms with Gasteiger partial charge in [0.25, 0.3) is 0 Å². The molecular weight excluding hydrogens is 200 g/mol. The molecule has 0 radical (unpaired) electrons. The maximum absolute atomic E-state index is 9.44. The lowest BCUT2D eigenvalue weighted by Gasteiger charge is -2.29. The molecule has 0 aliphatic heterocycles. The molecule has 0 saturated heterocycles. The van der Waals surface area contributed by atoms with Gasteiger partial charge in [0, 0.05) is 13.2 Å². The molecule has 16 heavy (non-hydrogen) atoms. The van der Waals surface area contributed by atoms with E-state index in [1.54, 1.807) is 0 Å².